The first-order valence-electron chi connectivity index (χ1n) is 7.85. The minimum Gasteiger partial charge on any atom is -0.452 e. The Hall–Kier alpha value is -1.93. The lowest BCUT2D eigenvalue weighted by atomic mass is 10.0. The second kappa shape index (κ2) is 7.76. The van der Waals surface area contributed by atoms with Crippen LogP contribution in [-0.2, 0) is 19.6 Å². The molecule has 1 atom stereocenters. The van der Waals surface area contributed by atoms with E-state index in [4.69, 9.17) is 4.74 Å². The van der Waals surface area contributed by atoms with Gasteiger partial charge in [-0.25, -0.2) is 17.9 Å². The number of nitrogens with zero attached hydrogens (tertiary/aromatic N) is 1. The number of carbonyl (C=O) groups is 2. The molecule has 1 amide bonds. The number of nitrogens with one attached hydrogen (secondary N) is 1. The fraction of sp³-hybridized carbons (Fsp3) is 0.500. The second-order valence-corrected chi connectivity index (χ2v) is 7.63. The van der Waals surface area contributed by atoms with Crippen LogP contribution in [0.2, 0.25) is 0 Å². The molecule has 1 heterocycles. The first-order valence-corrected chi connectivity index (χ1v) is 9.33. The summed E-state index contributed by atoms with van der Waals surface area (Å²) in [4.78, 5) is 25.9. The Bertz CT molecular complexity index is 717. The average molecular weight is 354 g/mol. The molecule has 1 N–H and O–H groups in total. The maximum atomic E-state index is 12.2. The number of benzene rings is 1. The van der Waals surface area contributed by atoms with Crippen molar-refractivity contribution in [3.63, 3.8) is 0 Å². The molecule has 1 fully saturated rings. The van der Waals surface area contributed by atoms with E-state index < -0.39 is 16.0 Å². The lowest BCUT2D eigenvalue weighted by molar-refractivity contribution is -0.137. The summed E-state index contributed by atoms with van der Waals surface area (Å²) < 4.78 is 30.7. The molecule has 1 aliphatic rings. The van der Waals surface area contributed by atoms with Gasteiger partial charge in [-0.1, -0.05) is 6.07 Å². The van der Waals surface area contributed by atoms with Crippen LogP contribution in [0.3, 0.4) is 0 Å². The molecule has 0 spiro atoms. The van der Waals surface area contributed by atoms with Crippen molar-refractivity contribution >= 4 is 21.9 Å². The molecule has 132 valence electrons. The third-order valence-corrected chi connectivity index (χ3v) is 5.51. The van der Waals surface area contributed by atoms with E-state index in [1.165, 1.54) is 31.3 Å². The monoisotopic (exact) mass is 354 g/mol. The molecular formula is C16H22N2O5S. The van der Waals surface area contributed by atoms with Crippen molar-refractivity contribution in [3.05, 3.63) is 29.8 Å². The molecule has 2 rings (SSSR count). The van der Waals surface area contributed by atoms with Crippen LogP contribution in [0.5, 0.6) is 0 Å². The van der Waals surface area contributed by atoms with Crippen LogP contribution < -0.4 is 4.72 Å². The molecule has 1 aromatic rings. The average Bonchev–Trinajstić information content (AvgIpc) is 2.60. The molecule has 0 saturated carbocycles. The highest BCUT2D eigenvalue weighted by Gasteiger charge is 2.24. The fourth-order valence-corrected chi connectivity index (χ4v) is 3.45. The van der Waals surface area contributed by atoms with Crippen LogP contribution in [-0.4, -0.2) is 51.4 Å². The van der Waals surface area contributed by atoms with E-state index in [0.717, 1.165) is 19.3 Å². The molecule has 0 aliphatic carbocycles. The van der Waals surface area contributed by atoms with E-state index in [9.17, 15) is 18.0 Å². The number of ether oxygens (including phenoxy) is 1. The zero-order chi connectivity index (χ0) is 17.7. The third kappa shape index (κ3) is 4.33. The van der Waals surface area contributed by atoms with E-state index in [-0.39, 0.29) is 29.0 Å². The summed E-state index contributed by atoms with van der Waals surface area (Å²) in [7, 11) is -2.35. The van der Waals surface area contributed by atoms with Crippen molar-refractivity contribution in [1.29, 1.82) is 0 Å². The number of likely N-dealkylation sites (tertiary alicyclic amines) is 1. The number of esters is 1. The molecule has 1 aliphatic heterocycles. The van der Waals surface area contributed by atoms with Gasteiger partial charge in [0.2, 0.25) is 10.0 Å². The molecule has 8 heteroatoms. The molecule has 1 unspecified atom stereocenters. The summed E-state index contributed by atoms with van der Waals surface area (Å²) in [5, 5.41) is 0. The van der Waals surface area contributed by atoms with Gasteiger partial charge < -0.3 is 9.64 Å². The van der Waals surface area contributed by atoms with Crippen LogP contribution in [0.25, 0.3) is 0 Å². The Morgan fingerprint density at radius 2 is 2.08 bits per heavy atom. The summed E-state index contributed by atoms with van der Waals surface area (Å²) in [6.07, 6.45) is 3.00. The number of sulfonamides is 1. The zero-order valence-electron chi connectivity index (χ0n) is 13.8. The number of carbonyl (C=O) groups excluding carboxylic acids is 2. The van der Waals surface area contributed by atoms with E-state index in [1.54, 1.807) is 4.90 Å². The zero-order valence-corrected chi connectivity index (χ0v) is 14.6. The third-order valence-electron chi connectivity index (χ3n) is 4.10. The van der Waals surface area contributed by atoms with Gasteiger partial charge in [-0.3, -0.25) is 4.79 Å². The van der Waals surface area contributed by atoms with Crippen LogP contribution in [0.1, 0.15) is 36.5 Å². The lowest BCUT2D eigenvalue weighted by Crippen LogP contribution is -2.44. The van der Waals surface area contributed by atoms with Crippen molar-refractivity contribution in [2.45, 2.75) is 37.1 Å². The molecule has 0 bridgehead atoms. The molecule has 24 heavy (non-hydrogen) atoms. The highest BCUT2D eigenvalue weighted by molar-refractivity contribution is 7.89. The number of piperidine rings is 1. The van der Waals surface area contributed by atoms with Gasteiger partial charge >= 0.3 is 5.97 Å². The van der Waals surface area contributed by atoms with Gasteiger partial charge in [0.05, 0.1) is 10.5 Å². The summed E-state index contributed by atoms with van der Waals surface area (Å²) in [6, 6.07) is 5.65. The molecule has 1 aromatic carbocycles. The summed E-state index contributed by atoms with van der Waals surface area (Å²) >= 11 is 0. The Morgan fingerprint density at radius 1 is 1.33 bits per heavy atom. The highest BCUT2D eigenvalue weighted by Crippen LogP contribution is 2.17. The number of hydrogen-bond acceptors (Lipinski definition) is 5. The topological polar surface area (TPSA) is 92.8 Å². The highest BCUT2D eigenvalue weighted by atomic mass is 32.2. The first kappa shape index (κ1) is 18.4. The van der Waals surface area contributed by atoms with E-state index in [2.05, 4.69) is 4.72 Å². The predicted molar refractivity (Wildman–Crippen MR) is 88.0 cm³/mol. The van der Waals surface area contributed by atoms with Crippen LogP contribution in [0.15, 0.2) is 29.2 Å². The van der Waals surface area contributed by atoms with Gasteiger partial charge in [0.1, 0.15) is 0 Å². The molecule has 0 aromatic heterocycles. The predicted octanol–water partition coefficient (Wildman–Crippen LogP) is 1.15. The van der Waals surface area contributed by atoms with Gasteiger partial charge in [0.15, 0.2) is 6.61 Å². The minimum absolute atomic E-state index is 0.0320. The standard InChI is InChI=1S/C16H22N2O5S/c1-12-6-3-4-9-18(12)15(19)11-23-16(20)13-7-5-8-14(10-13)24(21,22)17-2/h5,7-8,10,12,17H,3-4,6,9,11H2,1-2H3. The maximum Gasteiger partial charge on any atom is 0.338 e. The van der Waals surface area contributed by atoms with Crippen LogP contribution in [0.4, 0.5) is 0 Å². The van der Waals surface area contributed by atoms with Crippen molar-refractivity contribution < 1.29 is 22.7 Å². The van der Waals surface area contributed by atoms with Gasteiger partial charge in [-0.05, 0) is 51.4 Å². The maximum absolute atomic E-state index is 12.2. The molecule has 7 nitrogen and oxygen atoms in total. The van der Waals surface area contributed by atoms with Crippen molar-refractivity contribution in [3.8, 4) is 0 Å². The quantitative estimate of drug-likeness (QED) is 0.801. The normalized spacial score (nSPS) is 18.2. The van der Waals surface area contributed by atoms with Crippen LogP contribution >= 0.6 is 0 Å². The number of rotatable bonds is 5. The first-order chi connectivity index (χ1) is 11.3. The molecule has 0 radical (unpaired) electrons. The molecule has 1 saturated heterocycles. The smallest absolute Gasteiger partial charge is 0.338 e. The lowest BCUT2D eigenvalue weighted by Gasteiger charge is -2.33. The van der Waals surface area contributed by atoms with E-state index >= 15 is 0 Å². The number of amides is 1. The Kier molecular flexibility index (Phi) is 5.95. The largest absolute Gasteiger partial charge is 0.452 e. The summed E-state index contributed by atoms with van der Waals surface area (Å²) in [6.45, 7) is 2.31. The van der Waals surface area contributed by atoms with Crippen LogP contribution in [0, 0.1) is 0 Å². The van der Waals surface area contributed by atoms with E-state index in [0.29, 0.717) is 6.54 Å². The Morgan fingerprint density at radius 3 is 2.75 bits per heavy atom. The van der Waals surface area contributed by atoms with Crippen molar-refractivity contribution in [2.24, 2.45) is 0 Å². The second-order valence-electron chi connectivity index (χ2n) is 5.74. The Labute approximate surface area is 142 Å². The van der Waals surface area contributed by atoms with E-state index in [1.807, 2.05) is 6.92 Å². The summed E-state index contributed by atoms with van der Waals surface area (Å²) in [5.74, 6) is -0.948. The fourth-order valence-electron chi connectivity index (χ4n) is 2.67. The van der Waals surface area contributed by atoms with Gasteiger partial charge in [-0.2, -0.15) is 0 Å². The SMILES string of the molecule is CNS(=O)(=O)c1cccc(C(=O)OCC(=O)N2CCCCC2C)c1. The molecular weight excluding hydrogens is 332 g/mol. The minimum atomic E-state index is -3.64. The number of hydrogen-bond donors (Lipinski definition) is 1. The van der Waals surface area contributed by atoms with Gasteiger partial charge in [0.25, 0.3) is 5.91 Å². The van der Waals surface area contributed by atoms with Crippen molar-refractivity contribution in [1.82, 2.24) is 9.62 Å². The van der Waals surface area contributed by atoms with Gasteiger partial charge in [-0.15, -0.1) is 0 Å². The summed E-state index contributed by atoms with van der Waals surface area (Å²) in [5.41, 5.74) is 0.0887. The van der Waals surface area contributed by atoms with Crippen molar-refractivity contribution in [2.75, 3.05) is 20.2 Å². The Balaban J connectivity index is 2.00. The van der Waals surface area contributed by atoms with Gasteiger partial charge in [0, 0.05) is 12.6 Å².